The monoisotopic (exact) mass is 579 g/mol. The first-order valence-corrected chi connectivity index (χ1v) is 13.2. The van der Waals surface area contributed by atoms with Gasteiger partial charge in [-0.15, -0.1) is 0 Å². The van der Waals surface area contributed by atoms with E-state index in [1.54, 1.807) is 22.9 Å². The predicted octanol–water partition coefficient (Wildman–Crippen LogP) is 3.80. The highest BCUT2D eigenvalue weighted by molar-refractivity contribution is 5.87. The normalized spacial score (nSPS) is 20.9. The number of hydrogen-bond acceptors (Lipinski definition) is 4. The lowest BCUT2D eigenvalue weighted by atomic mass is 9.93. The third kappa shape index (κ3) is 5.77. The molecule has 3 amide bonds. The van der Waals surface area contributed by atoms with Gasteiger partial charge in [0.15, 0.2) is 17.3 Å². The summed E-state index contributed by atoms with van der Waals surface area (Å²) >= 11 is 0. The Kier molecular flexibility index (Phi) is 7.75. The van der Waals surface area contributed by atoms with Gasteiger partial charge in [-0.05, 0) is 49.4 Å². The number of nitrogens with zero attached hydrogens (tertiary/aromatic N) is 5. The van der Waals surface area contributed by atoms with Crippen molar-refractivity contribution < 1.29 is 31.5 Å². The fourth-order valence-electron chi connectivity index (χ4n) is 5.77. The van der Waals surface area contributed by atoms with Gasteiger partial charge >= 0.3 is 17.9 Å². The third-order valence-corrected chi connectivity index (χ3v) is 7.78. The Morgan fingerprint density at radius 3 is 2.49 bits per heavy atom. The smallest absolute Gasteiger partial charge is 0.331 e. The first-order valence-electron chi connectivity index (χ1n) is 13.2. The van der Waals surface area contributed by atoms with Crippen LogP contribution in [0.4, 0.5) is 26.7 Å². The number of alkyl halides is 3. The third-order valence-electron chi connectivity index (χ3n) is 7.78. The Bertz CT molecular complexity index is 1510. The number of halogens is 5. The topological polar surface area (TPSA) is 92.5 Å². The van der Waals surface area contributed by atoms with E-state index < -0.39 is 54.8 Å². The lowest BCUT2D eigenvalue weighted by Gasteiger charge is -2.34. The lowest BCUT2D eigenvalue weighted by molar-refractivity contribution is -0.162. The van der Waals surface area contributed by atoms with E-state index in [1.807, 2.05) is 0 Å². The molecule has 0 aliphatic carbocycles. The summed E-state index contributed by atoms with van der Waals surface area (Å²) in [5, 5.41) is 2.56. The van der Waals surface area contributed by atoms with Crippen LogP contribution in [-0.2, 0) is 4.79 Å². The van der Waals surface area contributed by atoms with Crippen molar-refractivity contribution in [3.05, 3.63) is 71.3 Å². The van der Waals surface area contributed by atoms with Crippen LogP contribution >= 0.6 is 0 Å². The van der Waals surface area contributed by atoms with E-state index in [9.17, 15) is 36.3 Å². The fraction of sp³-hybridized carbons (Fsp3) is 0.444. The second kappa shape index (κ2) is 11.1. The lowest BCUT2D eigenvalue weighted by Crippen LogP contribution is -2.54. The Morgan fingerprint density at radius 2 is 1.78 bits per heavy atom. The van der Waals surface area contributed by atoms with Crippen LogP contribution in [0.15, 0.2) is 41.3 Å². The zero-order valence-corrected chi connectivity index (χ0v) is 21.9. The van der Waals surface area contributed by atoms with Gasteiger partial charge in [0.25, 0.3) is 0 Å². The van der Waals surface area contributed by atoms with Gasteiger partial charge in [0.05, 0.1) is 5.52 Å². The molecule has 2 aliphatic heterocycles. The van der Waals surface area contributed by atoms with Gasteiger partial charge in [0, 0.05) is 44.8 Å². The summed E-state index contributed by atoms with van der Waals surface area (Å²) in [6, 6.07) is 4.79. The fourth-order valence-corrected chi connectivity index (χ4v) is 5.77. The van der Waals surface area contributed by atoms with E-state index >= 15 is 0 Å². The van der Waals surface area contributed by atoms with E-state index in [-0.39, 0.29) is 43.2 Å². The highest BCUT2D eigenvalue weighted by atomic mass is 19.4. The van der Waals surface area contributed by atoms with Crippen molar-refractivity contribution in [2.75, 3.05) is 26.2 Å². The maximum absolute atomic E-state index is 14.5. The molecular weight excluding hydrogens is 551 g/mol. The Morgan fingerprint density at radius 1 is 1.05 bits per heavy atom. The van der Waals surface area contributed by atoms with Crippen molar-refractivity contribution in [1.82, 2.24) is 29.2 Å². The Labute approximate surface area is 231 Å². The molecule has 0 unspecified atom stereocenters. The zero-order chi connectivity index (χ0) is 29.5. The van der Waals surface area contributed by atoms with Crippen LogP contribution in [0.25, 0.3) is 11.2 Å². The summed E-state index contributed by atoms with van der Waals surface area (Å²) in [7, 11) is 3.75. The Hall–Kier alpha value is -3.97. The molecule has 5 rings (SSSR count). The van der Waals surface area contributed by atoms with Crippen LogP contribution in [0, 0.1) is 18.7 Å². The highest BCUT2D eigenvalue weighted by Gasteiger charge is 2.40. The van der Waals surface area contributed by atoms with E-state index in [4.69, 9.17) is 0 Å². The molecule has 3 aromatic rings. The van der Waals surface area contributed by atoms with E-state index in [0.29, 0.717) is 28.9 Å². The van der Waals surface area contributed by atoms with Gasteiger partial charge in [-0.25, -0.2) is 23.4 Å². The van der Waals surface area contributed by atoms with Crippen molar-refractivity contribution in [2.45, 2.75) is 49.9 Å². The second-order valence-electron chi connectivity index (χ2n) is 10.4. The van der Waals surface area contributed by atoms with Gasteiger partial charge in [0.1, 0.15) is 12.6 Å². The second-order valence-corrected chi connectivity index (χ2v) is 10.4. The number of hydrogen-bond donors (Lipinski definition) is 1. The van der Waals surface area contributed by atoms with Gasteiger partial charge in [-0.1, -0.05) is 12.1 Å². The summed E-state index contributed by atoms with van der Waals surface area (Å²) in [5.74, 6) is -4.13. The molecule has 2 saturated heterocycles. The van der Waals surface area contributed by atoms with E-state index in [1.165, 1.54) is 21.6 Å². The van der Waals surface area contributed by atoms with Crippen LogP contribution in [0.1, 0.15) is 43.2 Å². The molecule has 0 bridgehead atoms. The molecule has 14 heteroatoms. The standard InChI is InChI=1S/C27H28F5N6O3/c1-35-23-21(6-3-11-33-23)38(26(35)41)17-9-12-36(13-10-17)25(40)34-20-8-7-16(18-4-2-5-19(28)22(18)29)14-37(24(20)39)15-27(30,31)32/h2-6,11,16-17,20H,1,7-10,12-15H2,(H,34,40)/t16-,20-/m1/s1. The molecule has 41 heavy (non-hydrogen) atoms. The molecule has 1 aromatic carbocycles. The number of fused-ring (bicyclic) bond motifs is 1. The van der Waals surface area contributed by atoms with Crippen molar-refractivity contribution in [2.24, 2.45) is 0 Å². The molecule has 219 valence electrons. The summed E-state index contributed by atoms with van der Waals surface area (Å²) in [5.41, 5.74) is 0.602. The molecule has 0 saturated carbocycles. The Balaban J connectivity index is 1.28. The van der Waals surface area contributed by atoms with Crippen molar-refractivity contribution in [3.63, 3.8) is 0 Å². The number of urea groups is 1. The number of nitrogens with one attached hydrogen (secondary N) is 1. The number of pyridine rings is 1. The van der Waals surface area contributed by atoms with Gasteiger partial charge in [-0.3, -0.25) is 13.9 Å². The number of aromatic nitrogens is 3. The van der Waals surface area contributed by atoms with Gasteiger partial charge < -0.3 is 15.1 Å². The number of likely N-dealkylation sites (tertiary alicyclic amines) is 2. The molecule has 9 nitrogen and oxygen atoms in total. The first-order chi connectivity index (χ1) is 19.4. The molecule has 2 aromatic heterocycles. The predicted molar refractivity (Wildman–Crippen MR) is 138 cm³/mol. The van der Waals surface area contributed by atoms with Crippen LogP contribution in [0.2, 0.25) is 0 Å². The minimum absolute atomic E-state index is 0.0542. The zero-order valence-electron chi connectivity index (χ0n) is 21.9. The van der Waals surface area contributed by atoms with E-state index in [2.05, 4.69) is 17.3 Å². The maximum Gasteiger partial charge on any atom is 0.406 e. The van der Waals surface area contributed by atoms with E-state index in [0.717, 1.165) is 6.07 Å². The number of imidazole rings is 1. The summed E-state index contributed by atoms with van der Waals surface area (Å²) in [4.78, 5) is 45.2. The van der Waals surface area contributed by atoms with Crippen LogP contribution < -0.4 is 11.0 Å². The molecule has 2 fully saturated rings. The van der Waals surface area contributed by atoms with Crippen molar-refractivity contribution >= 4 is 23.1 Å². The summed E-state index contributed by atoms with van der Waals surface area (Å²) in [6.45, 7) is -1.59. The molecular formula is C27H28F5N6O3. The average Bonchev–Trinajstić information content (AvgIpc) is 3.10. The van der Waals surface area contributed by atoms with Crippen LogP contribution in [0.3, 0.4) is 0 Å². The highest BCUT2D eigenvalue weighted by Crippen LogP contribution is 2.32. The van der Waals surface area contributed by atoms with Crippen LogP contribution in [-0.4, -0.2) is 74.3 Å². The largest absolute Gasteiger partial charge is 0.406 e. The number of carbonyl (C=O) groups excluding carboxylic acids is 2. The SMILES string of the molecule is [CH2]n1c(=O)n(C2CCN(C(=O)N[C@@H]3CC[C@@H](c4cccc(F)c4F)CN(CC(F)(F)F)C3=O)CC2)c2cccnc21. The summed E-state index contributed by atoms with van der Waals surface area (Å²) in [6.07, 6.45) is -2.34. The molecule has 1 radical (unpaired) electrons. The summed E-state index contributed by atoms with van der Waals surface area (Å²) < 4.78 is 71.2. The molecule has 1 N–H and O–H groups in total. The molecule has 0 spiro atoms. The number of benzene rings is 1. The maximum atomic E-state index is 14.5. The number of piperidine rings is 1. The number of rotatable bonds is 4. The van der Waals surface area contributed by atoms with Crippen molar-refractivity contribution in [3.8, 4) is 0 Å². The van der Waals surface area contributed by atoms with Crippen molar-refractivity contribution in [1.29, 1.82) is 0 Å². The molecule has 4 heterocycles. The van der Waals surface area contributed by atoms with Crippen LogP contribution in [0.5, 0.6) is 0 Å². The number of carbonyl (C=O) groups is 2. The first kappa shape index (κ1) is 28.6. The minimum atomic E-state index is -4.73. The van der Waals surface area contributed by atoms with Gasteiger partial charge in [0.2, 0.25) is 5.91 Å². The average molecular weight is 580 g/mol. The quantitative estimate of drug-likeness (QED) is 0.476. The molecule has 2 atom stereocenters. The number of amides is 3. The van der Waals surface area contributed by atoms with Gasteiger partial charge in [-0.2, -0.15) is 13.2 Å². The molecule has 2 aliphatic rings. The minimum Gasteiger partial charge on any atom is -0.331 e.